The molecule has 478 valence electrons. The third kappa shape index (κ3) is 26.5. The first-order chi connectivity index (χ1) is 42.9. The molecule has 0 radical (unpaired) electrons. The van der Waals surface area contributed by atoms with Gasteiger partial charge in [0.25, 0.3) is 0 Å². The molecule has 4 amide bonds. The van der Waals surface area contributed by atoms with Gasteiger partial charge in [-0.3, -0.25) is 19.2 Å². The minimum atomic E-state index is -0.796. The molecule has 0 aliphatic carbocycles. The van der Waals surface area contributed by atoms with Crippen LogP contribution in [0.25, 0.3) is 0 Å². The van der Waals surface area contributed by atoms with Gasteiger partial charge in [-0.25, -0.2) is 9.67 Å². The van der Waals surface area contributed by atoms with Crippen molar-refractivity contribution in [2.24, 2.45) is 5.92 Å². The molecule has 5 aromatic rings. The Labute approximate surface area is 531 Å². The molecule has 0 spiro atoms. The third-order valence-corrected chi connectivity index (χ3v) is 16.1. The Kier molecular flexibility index (Phi) is 32.5. The number of nitrogens with one attached hydrogen (secondary N) is 3. The van der Waals surface area contributed by atoms with E-state index < -0.39 is 6.04 Å². The molecule has 88 heavy (non-hydrogen) atoms. The molecule has 2 aliphatic rings. The summed E-state index contributed by atoms with van der Waals surface area (Å²) in [4.78, 5) is 62.8. The Morgan fingerprint density at radius 3 is 2.23 bits per heavy atom. The van der Waals surface area contributed by atoms with E-state index in [-0.39, 0.29) is 36.6 Å². The molecule has 2 aliphatic heterocycles. The molecule has 1 unspecified atom stereocenters. The van der Waals surface area contributed by atoms with Gasteiger partial charge < -0.3 is 64.0 Å². The van der Waals surface area contributed by atoms with E-state index in [1.165, 1.54) is 11.3 Å². The Hall–Kier alpha value is -6.83. The average molecular weight is 1300 g/mol. The van der Waals surface area contributed by atoms with Crippen molar-refractivity contribution in [1.82, 2.24) is 44.9 Å². The van der Waals surface area contributed by atoms with Gasteiger partial charge in [-0.15, -0.1) is 16.4 Å². The molecule has 3 aromatic carbocycles. The van der Waals surface area contributed by atoms with E-state index in [2.05, 4.69) is 84.2 Å². The molecule has 3 N–H and O–H groups in total. The van der Waals surface area contributed by atoms with Crippen LogP contribution in [0.5, 0.6) is 11.5 Å². The van der Waals surface area contributed by atoms with Crippen molar-refractivity contribution < 1.29 is 47.6 Å². The van der Waals surface area contributed by atoms with Crippen LogP contribution >= 0.6 is 27.3 Å². The predicted octanol–water partition coefficient (Wildman–Crippen LogP) is 7.92. The zero-order valence-electron chi connectivity index (χ0n) is 51.5. The second-order valence-corrected chi connectivity index (χ2v) is 23.2. The molecule has 0 saturated carbocycles. The number of allylic oxidation sites excluding steroid dienone is 2. The van der Waals surface area contributed by atoms with Crippen LogP contribution in [-0.2, 0) is 63.9 Å². The summed E-state index contributed by atoms with van der Waals surface area (Å²) < 4.78 is 37.3. The van der Waals surface area contributed by atoms with Crippen LogP contribution in [0, 0.1) is 5.92 Å². The molecule has 7 rings (SSSR count). The van der Waals surface area contributed by atoms with Crippen molar-refractivity contribution in [3.05, 3.63) is 148 Å². The number of halogens is 1. The summed E-state index contributed by atoms with van der Waals surface area (Å²) in [6.45, 7) is 19.9. The van der Waals surface area contributed by atoms with Gasteiger partial charge in [-0.05, 0) is 124 Å². The second kappa shape index (κ2) is 40.7. The lowest BCUT2D eigenvalue weighted by Crippen LogP contribution is -2.47. The van der Waals surface area contributed by atoms with Gasteiger partial charge in [0.05, 0.1) is 70.6 Å². The maximum atomic E-state index is 14.2. The number of likely N-dealkylation sites (N-methyl/N-ethyl adjacent to an activating group) is 2. The highest BCUT2D eigenvalue weighted by Gasteiger charge is 2.33. The van der Waals surface area contributed by atoms with Crippen molar-refractivity contribution in [2.45, 2.75) is 64.0 Å². The molecular weight excluding hydrogens is 1210 g/mol. The van der Waals surface area contributed by atoms with Gasteiger partial charge in [0.2, 0.25) is 24.1 Å². The van der Waals surface area contributed by atoms with Crippen LogP contribution in [0.15, 0.2) is 126 Å². The molecule has 2 fully saturated rings. The Bertz CT molecular complexity index is 2860. The fourth-order valence-electron chi connectivity index (χ4n) is 9.55. The number of hydrogen-bond acceptors (Lipinski definition) is 17. The van der Waals surface area contributed by atoms with E-state index in [0.29, 0.717) is 116 Å². The number of hydrogen-bond donors (Lipinski definition) is 3. The van der Waals surface area contributed by atoms with Gasteiger partial charge in [-0.1, -0.05) is 76.8 Å². The standard InChI is InChI=1S/C54H74BrN7O8.C11H16N4O2S/c1-5-9-43(6-2)40-57-54(64)53(46-13-15-47(55)16-14-46)62(41-45-24-31-65-32-25-45)52(63)23-12-44-10-19-50(20-11-44)69-30-8-7-27-60(4)28-34-67-37-36-66-33-26-49-42-61(59-58-49)29-35-68-38-39-70-51-21-17-48(56-3)18-22-51;1-14-2-4-15(5-3-14)10(17)6-9-7-18-11(13-9)12-8-16/h5-6,9-11,13-22,42,45,53,56H,1-2,7-8,12,23-41H2,3-4H3,(H,57,64);7-8H,2-6H2,1H3,(H,12,13,16)/b43-9+;. The van der Waals surface area contributed by atoms with Crippen LogP contribution < -0.4 is 25.4 Å². The second-order valence-electron chi connectivity index (χ2n) is 21.4. The lowest BCUT2D eigenvalue weighted by molar-refractivity contribution is -0.142. The van der Waals surface area contributed by atoms with Crippen LogP contribution in [0.3, 0.4) is 0 Å². The van der Waals surface area contributed by atoms with E-state index >= 15 is 0 Å². The van der Waals surface area contributed by atoms with Gasteiger partial charge in [0.15, 0.2) is 5.13 Å². The van der Waals surface area contributed by atoms with Gasteiger partial charge in [0, 0.05) is 101 Å². The zero-order valence-corrected chi connectivity index (χ0v) is 53.9. The number of carbonyl (C=O) groups excluding carboxylic acids is 4. The van der Waals surface area contributed by atoms with E-state index in [9.17, 15) is 19.2 Å². The quantitative estimate of drug-likeness (QED) is 0.0194. The Balaban J connectivity index is 0.000000582. The lowest BCUT2D eigenvalue weighted by Gasteiger charge is -2.35. The topological polar surface area (TPSA) is 216 Å². The number of amides is 4. The SMILES string of the molecule is C=C/C=C(\C=C)CNC(=O)C(c1ccc(Br)cc1)N(CC1CCOCC1)C(=O)CCc1ccc(OCCCCN(C)CCOCCOCCc2cn(CCOCCOc3ccc(NC)cc3)nn2)cc1.CN1CCN(C(=O)Cc2csc(NC=O)n2)CC1. The first-order valence-electron chi connectivity index (χ1n) is 30.3. The predicted molar refractivity (Wildman–Crippen MR) is 348 cm³/mol. The lowest BCUT2D eigenvalue weighted by atomic mass is 9.96. The average Bonchev–Trinajstić information content (AvgIpc) is 4.19. The smallest absolute Gasteiger partial charge is 0.247 e. The normalized spacial score (nSPS) is 14.1. The molecule has 4 heterocycles. The summed E-state index contributed by atoms with van der Waals surface area (Å²) in [6.07, 6.45) is 13.1. The van der Waals surface area contributed by atoms with E-state index in [1.807, 2.05) is 97.0 Å². The van der Waals surface area contributed by atoms with Crippen LogP contribution in [0.2, 0.25) is 0 Å². The van der Waals surface area contributed by atoms with E-state index in [1.54, 1.807) is 27.1 Å². The number of carbonyl (C=O) groups is 4. The number of nitrogens with zero attached hydrogens (tertiary/aromatic N) is 8. The first-order valence-corrected chi connectivity index (χ1v) is 32.0. The minimum absolute atomic E-state index is 0.0686. The third-order valence-electron chi connectivity index (χ3n) is 14.8. The van der Waals surface area contributed by atoms with Gasteiger partial charge >= 0.3 is 0 Å². The van der Waals surface area contributed by atoms with Crippen LogP contribution in [0.1, 0.15) is 60.7 Å². The maximum Gasteiger partial charge on any atom is 0.247 e. The number of benzene rings is 3. The number of thiazole rings is 1. The summed E-state index contributed by atoms with van der Waals surface area (Å²) in [5.74, 6) is 1.65. The molecule has 21 nitrogen and oxygen atoms in total. The van der Waals surface area contributed by atoms with Crippen molar-refractivity contribution in [3.63, 3.8) is 0 Å². The number of ether oxygens (including phenoxy) is 6. The zero-order chi connectivity index (χ0) is 62.6. The minimum Gasteiger partial charge on any atom is -0.494 e. The molecule has 23 heteroatoms. The summed E-state index contributed by atoms with van der Waals surface area (Å²) in [6, 6.07) is 22.6. The summed E-state index contributed by atoms with van der Waals surface area (Å²) >= 11 is 4.85. The highest BCUT2D eigenvalue weighted by molar-refractivity contribution is 9.10. The van der Waals surface area contributed by atoms with Crippen molar-refractivity contribution in [2.75, 3.05) is 150 Å². The fourth-order valence-corrected chi connectivity index (χ4v) is 10.5. The Morgan fingerprint density at radius 2 is 1.52 bits per heavy atom. The Morgan fingerprint density at radius 1 is 0.830 bits per heavy atom. The number of aryl methyl sites for hydroxylation is 1. The number of aromatic nitrogens is 4. The van der Waals surface area contributed by atoms with Crippen LogP contribution in [-0.4, -0.2) is 203 Å². The van der Waals surface area contributed by atoms with Gasteiger partial charge in [0.1, 0.15) is 24.1 Å². The van der Waals surface area contributed by atoms with Crippen molar-refractivity contribution >= 4 is 62.2 Å². The molecule has 1 atom stereocenters. The summed E-state index contributed by atoms with van der Waals surface area (Å²) in [5.41, 5.74) is 5.25. The summed E-state index contributed by atoms with van der Waals surface area (Å²) in [5, 5.41) is 19.4. The number of rotatable bonds is 39. The monoisotopic (exact) mass is 1300 g/mol. The molecule has 2 aromatic heterocycles. The van der Waals surface area contributed by atoms with E-state index in [0.717, 1.165) is 109 Å². The largest absolute Gasteiger partial charge is 0.494 e. The van der Waals surface area contributed by atoms with Crippen molar-refractivity contribution in [3.8, 4) is 11.5 Å². The highest BCUT2D eigenvalue weighted by atomic mass is 79.9. The van der Waals surface area contributed by atoms with Crippen LogP contribution in [0.4, 0.5) is 10.8 Å². The van der Waals surface area contributed by atoms with Crippen molar-refractivity contribution in [1.29, 1.82) is 0 Å². The maximum absolute atomic E-state index is 14.2. The number of piperazine rings is 1. The molecule has 0 bridgehead atoms. The molecular formula is C65H90BrN11O10S. The summed E-state index contributed by atoms with van der Waals surface area (Å²) in [7, 11) is 6.04. The molecule has 2 saturated heterocycles. The first kappa shape index (κ1) is 70.3. The number of anilines is 2. The highest BCUT2D eigenvalue weighted by Crippen LogP contribution is 2.29. The fraction of sp³-hybridized carbons (Fsp3) is 0.492. The number of unbranched alkanes of at least 4 members (excludes halogenated alkanes) is 1. The van der Waals surface area contributed by atoms with E-state index in [4.69, 9.17) is 28.4 Å². The van der Waals surface area contributed by atoms with Gasteiger partial charge in [-0.2, -0.15) is 0 Å².